The van der Waals surface area contributed by atoms with Crippen molar-refractivity contribution in [3.05, 3.63) is 35.9 Å². The van der Waals surface area contributed by atoms with Crippen LogP contribution in [0.1, 0.15) is 32.8 Å². The first-order valence-electron chi connectivity index (χ1n) is 9.21. The average Bonchev–Trinajstić information content (AvgIpc) is 2.65. The summed E-state index contributed by atoms with van der Waals surface area (Å²) in [5.41, 5.74) is 0.205. The zero-order valence-corrected chi connectivity index (χ0v) is 16.8. The fourth-order valence-corrected chi connectivity index (χ4v) is 2.95. The van der Waals surface area contributed by atoms with E-state index in [9.17, 15) is 14.4 Å². The van der Waals surface area contributed by atoms with Crippen LogP contribution in [0.25, 0.3) is 0 Å². The van der Waals surface area contributed by atoms with E-state index < -0.39 is 35.7 Å². The Morgan fingerprint density at radius 3 is 2.43 bits per heavy atom. The second-order valence-electron chi connectivity index (χ2n) is 7.74. The number of piperidine rings is 1. The van der Waals surface area contributed by atoms with Crippen molar-refractivity contribution in [2.45, 2.75) is 45.4 Å². The number of esters is 1. The molecule has 2 atom stereocenters. The van der Waals surface area contributed by atoms with Crippen LogP contribution >= 0.6 is 0 Å². The minimum Gasteiger partial charge on any atom is -0.469 e. The molecule has 2 amide bonds. The summed E-state index contributed by atoms with van der Waals surface area (Å²) in [6, 6.07) is 8.85. The Labute approximate surface area is 165 Å². The molecule has 0 aromatic heterocycles. The highest BCUT2D eigenvalue weighted by atomic mass is 16.6. The average molecular weight is 392 g/mol. The molecule has 0 spiro atoms. The van der Waals surface area contributed by atoms with Crippen molar-refractivity contribution in [2.75, 3.05) is 20.2 Å². The number of carbonyl (C=O) groups is 3. The van der Waals surface area contributed by atoms with Gasteiger partial charge in [-0.2, -0.15) is 0 Å². The monoisotopic (exact) mass is 392 g/mol. The smallest absolute Gasteiger partial charge is 0.410 e. The molecule has 2 unspecified atom stereocenters. The highest BCUT2D eigenvalue weighted by molar-refractivity contribution is 5.75. The predicted molar refractivity (Wildman–Crippen MR) is 101 cm³/mol. The molecule has 1 aromatic carbocycles. The number of likely N-dealkylation sites (tertiary alicyclic amines) is 1. The largest absolute Gasteiger partial charge is 0.469 e. The molecule has 0 saturated carbocycles. The first kappa shape index (κ1) is 21.5. The zero-order chi connectivity index (χ0) is 20.7. The van der Waals surface area contributed by atoms with E-state index in [2.05, 4.69) is 5.32 Å². The lowest BCUT2D eigenvalue weighted by Gasteiger charge is -2.37. The summed E-state index contributed by atoms with van der Waals surface area (Å²) in [5.74, 6) is -0.983. The van der Waals surface area contributed by atoms with E-state index in [1.165, 1.54) is 12.0 Å². The number of amides is 2. The van der Waals surface area contributed by atoms with Crippen LogP contribution in [0.4, 0.5) is 9.59 Å². The van der Waals surface area contributed by atoms with E-state index in [-0.39, 0.29) is 19.7 Å². The summed E-state index contributed by atoms with van der Waals surface area (Å²) in [5, 5.41) is 2.73. The highest BCUT2D eigenvalue weighted by Crippen LogP contribution is 2.21. The molecule has 1 heterocycles. The summed E-state index contributed by atoms with van der Waals surface area (Å²) < 4.78 is 15.4. The normalized spacial score (nSPS) is 19.5. The van der Waals surface area contributed by atoms with Crippen molar-refractivity contribution in [2.24, 2.45) is 5.92 Å². The van der Waals surface area contributed by atoms with E-state index in [4.69, 9.17) is 14.2 Å². The third-order valence-electron chi connectivity index (χ3n) is 4.17. The van der Waals surface area contributed by atoms with Gasteiger partial charge in [0.25, 0.3) is 0 Å². The lowest BCUT2D eigenvalue weighted by Crippen LogP contribution is -2.55. The first-order valence-corrected chi connectivity index (χ1v) is 9.21. The van der Waals surface area contributed by atoms with Gasteiger partial charge in [-0.1, -0.05) is 30.3 Å². The second kappa shape index (κ2) is 9.43. The van der Waals surface area contributed by atoms with Gasteiger partial charge in [-0.05, 0) is 32.8 Å². The van der Waals surface area contributed by atoms with Gasteiger partial charge in [-0.3, -0.25) is 4.79 Å². The molecule has 1 saturated heterocycles. The second-order valence-corrected chi connectivity index (χ2v) is 7.74. The molecule has 154 valence electrons. The molecule has 1 fully saturated rings. The molecule has 1 aliphatic rings. The summed E-state index contributed by atoms with van der Waals surface area (Å²) in [6.07, 6.45) is -0.791. The third-order valence-corrected chi connectivity index (χ3v) is 4.17. The summed E-state index contributed by atoms with van der Waals surface area (Å²) >= 11 is 0. The topological polar surface area (TPSA) is 94.2 Å². The van der Waals surface area contributed by atoms with E-state index in [1.54, 1.807) is 20.8 Å². The van der Waals surface area contributed by atoms with Crippen molar-refractivity contribution < 1.29 is 28.6 Å². The molecule has 8 heteroatoms. The Morgan fingerprint density at radius 2 is 1.82 bits per heavy atom. The van der Waals surface area contributed by atoms with Gasteiger partial charge >= 0.3 is 18.2 Å². The predicted octanol–water partition coefficient (Wildman–Crippen LogP) is 2.71. The Bertz CT molecular complexity index is 686. The van der Waals surface area contributed by atoms with Crippen LogP contribution in [0.3, 0.4) is 0 Å². The maximum absolute atomic E-state index is 12.4. The van der Waals surface area contributed by atoms with Gasteiger partial charge in [-0.25, -0.2) is 9.59 Å². The highest BCUT2D eigenvalue weighted by Gasteiger charge is 2.37. The molecule has 28 heavy (non-hydrogen) atoms. The fourth-order valence-electron chi connectivity index (χ4n) is 2.95. The number of rotatable bonds is 4. The van der Waals surface area contributed by atoms with Gasteiger partial charge in [-0.15, -0.1) is 0 Å². The Morgan fingerprint density at radius 1 is 1.14 bits per heavy atom. The molecular weight excluding hydrogens is 364 g/mol. The number of alkyl carbamates (subject to hydrolysis) is 1. The van der Waals surface area contributed by atoms with E-state index >= 15 is 0 Å². The van der Waals surface area contributed by atoms with Crippen LogP contribution in [0.15, 0.2) is 30.3 Å². The SMILES string of the molecule is COC(=O)C1CC(NC(=O)OCc2ccccc2)CN(C(=O)OC(C)(C)C)C1. The number of ether oxygens (including phenoxy) is 3. The van der Waals surface area contributed by atoms with Crippen LogP contribution in [0, 0.1) is 5.92 Å². The lowest BCUT2D eigenvalue weighted by molar-refractivity contribution is -0.147. The zero-order valence-electron chi connectivity index (χ0n) is 16.8. The van der Waals surface area contributed by atoms with E-state index in [0.717, 1.165) is 5.56 Å². The van der Waals surface area contributed by atoms with Crippen molar-refractivity contribution in [3.8, 4) is 0 Å². The summed E-state index contributed by atoms with van der Waals surface area (Å²) in [6.45, 7) is 5.84. The molecule has 1 aliphatic heterocycles. The van der Waals surface area contributed by atoms with Gasteiger partial charge in [0.2, 0.25) is 0 Å². The third kappa shape index (κ3) is 6.75. The Kier molecular flexibility index (Phi) is 7.25. The summed E-state index contributed by atoms with van der Waals surface area (Å²) in [4.78, 5) is 38.0. The number of hydrogen-bond acceptors (Lipinski definition) is 6. The number of benzene rings is 1. The molecular formula is C20H28N2O6. The van der Waals surface area contributed by atoms with Crippen molar-refractivity contribution in [1.29, 1.82) is 0 Å². The minimum atomic E-state index is -0.660. The number of nitrogens with one attached hydrogen (secondary N) is 1. The van der Waals surface area contributed by atoms with Gasteiger partial charge in [0, 0.05) is 13.1 Å². The van der Waals surface area contributed by atoms with Crippen molar-refractivity contribution in [1.82, 2.24) is 10.2 Å². The quantitative estimate of drug-likeness (QED) is 0.625. The number of nitrogens with zero attached hydrogens (tertiary/aromatic N) is 1. The van der Waals surface area contributed by atoms with Crippen molar-refractivity contribution >= 4 is 18.2 Å². The standard InChI is InChI=1S/C20H28N2O6/c1-20(2,3)28-19(25)22-11-15(17(23)26-4)10-16(12-22)21-18(24)27-13-14-8-6-5-7-9-14/h5-9,15-16H,10-13H2,1-4H3,(H,21,24). The maximum atomic E-state index is 12.4. The van der Waals surface area contributed by atoms with Gasteiger partial charge in [0.1, 0.15) is 12.2 Å². The van der Waals surface area contributed by atoms with Crippen LogP contribution in [0.2, 0.25) is 0 Å². The van der Waals surface area contributed by atoms with E-state index in [1.807, 2.05) is 30.3 Å². The first-order chi connectivity index (χ1) is 13.2. The van der Waals surface area contributed by atoms with E-state index in [0.29, 0.717) is 6.42 Å². The minimum absolute atomic E-state index is 0.135. The van der Waals surface area contributed by atoms with Crippen LogP contribution in [-0.2, 0) is 25.6 Å². The van der Waals surface area contributed by atoms with Crippen LogP contribution in [-0.4, -0.2) is 54.9 Å². The number of methoxy groups -OCH3 is 1. The van der Waals surface area contributed by atoms with Gasteiger partial charge < -0.3 is 24.4 Å². The molecule has 8 nitrogen and oxygen atoms in total. The van der Waals surface area contributed by atoms with Crippen LogP contribution in [0.5, 0.6) is 0 Å². The fraction of sp³-hybridized carbons (Fsp3) is 0.550. The summed E-state index contributed by atoms with van der Waals surface area (Å²) in [7, 11) is 1.30. The molecule has 1 N–H and O–H groups in total. The molecule has 0 radical (unpaired) electrons. The van der Waals surface area contributed by atoms with Gasteiger partial charge in [0.05, 0.1) is 19.1 Å². The molecule has 0 aliphatic carbocycles. The van der Waals surface area contributed by atoms with Gasteiger partial charge in [0.15, 0.2) is 0 Å². The number of hydrogen-bond donors (Lipinski definition) is 1. The molecule has 0 bridgehead atoms. The Balaban J connectivity index is 1.97. The lowest BCUT2D eigenvalue weighted by atomic mass is 9.94. The maximum Gasteiger partial charge on any atom is 0.410 e. The molecule has 2 rings (SSSR count). The van der Waals surface area contributed by atoms with Crippen LogP contribution < -0.4 is 5.32 Å². The Hall–Kier alpha value is -2.77. The van der Waals surface area contributed by atoms with Crippen molar-refractivity contribution in [3.63, 3.8) is 0 Å². The number of carbonyl (C=O) groups excluding carboxylic acids is 3. The molecule has 1 aromatic rings.